The molecule has 1 aromatic carbocycles. The van der Waals surface area contributed by atoms with Gasteiger partial charge in [-0.15, -0.1) is 0 Å². The molecule has 1 amide bonds. The summed E-state index contributed by atoms with van der Waals surface area (Å²) in [6, 6.07) is 7.15. The lowest BCUT2D eigenvalue weighted by Gasteiger charge is -2.11. The fraction of sp³-hybridized carbons (Fsp3) is 0.417. The van der Waals surface area contributed by atoms with Crippen LogP contribution in [0.15, 0.2) is 24.3 Å². The molecule has 1 fully saturated rings. The fourth-order valence-corrected chi connectivity index (χ4v) is 2.20. The minimum absolute atomic E-state index is 0.0638. The Kier molecular flexibility index (Phi) is 3.45. The van der Waals surface area contributed by atoms with Crippen LogP contribution in [0.3, 0.4) is 0 Å². The molecular formula is C12H14ClNOS. The van der Waals surface area contributed by atoms with Gasteiger partial charge >= 0.3 is 0 Å². The highest BCUT2D eigenvalue weighted by Gasteiger charge is 2.42. The average Bonchev–Trinajstić information content (AvgIpc) is 3.02. The van der Waals surface area contributed by atoms with Crippen LogP contribution in [-0.2, 0) is 4.79 Å². The van der Waals surface area contributed by atoms with Crippen molar-refractivity contribution in [1.82, 2.24) is 0 Å². The highest BCUT2D eigenvalue weighted by molar-refractivity contribution is 7.80. The lowest BCUT2D eigenvalue weighted by atomic mass is 10.1. The van der Waals surface area contributed by atoms with Gasteiger partial charge in [0.2, 0.25) is 5.91 Å². The molecule has 2 rings (SSSR count). The van der Waals surface area contributed by atoms with Crippen molar-refractivity contribution in [2.75, 3.05) is 11.1 Å². The van der Waals surface area contributed by atoms with Crippen LogP contribution in [-0.4, -0.2) is 11.7 Å². The van der Waals surface area contributed by atoms with Crippen LogP contribution < -0.4 is 5.32 Å². The molecule has 1 aliphatic rings. The summed E-state index contributed by atoms with van der Waals surface area (Å²) in [5, 5.41) is 3.54. The van der Waals surface area contributed by atoms with Crippen molar-refractivity contribution in [1.29, 1.82) is 0 Å². The largest absolute Gasteiger partial charge is 0.326 e. The molecule has 0 spiro atoms. The number of halogens is 1. The molecule has 0 radical (unpaired) electrons. The van der Waals surface area contributed by atoms with Crippen LogP contribution in [0.4, 0.5) is 5.69 Å². The van der Waals surface area contributed by atoms with E-state index in [4.69, 9.17) is 11.6 Å². The topological polar surface area (TPSA) is 29.1 Å². The Labute approximate surface area is 106 Å². The molecule has 0 heterocycles. The van der Waals surface area contributed by atoms with Gasteiger partial charge in [-0.1, -0.05) is 11.6 Å². The van der Waals surface area contributed by atoms with E-state index in [0.717, 1.165) is 24.3 Å². The van der Waals surface area contributed by atoms with Crippen molar-refractivity contribution >= 4 is 35.8 Å². The van der Waals surface area contributed by atoms with E-state index in [1.807, 2.05) is 0 Å². The Morgan fingerprint density at radius 2 is 2.00 bits per heavy atom. The summed E-state index contributed by atoms with van der Waals surface area (Å²) in [5.41, 5.74) is 0.962. The summed E-state index contributed by atoms with van der Waals surface area (Å²) >= 11 is 10.0. The van der Waals surface area contributed by atoms with Crippen molar-refractivity contribution in [3.05, 3.63) is 29.3 Å². The van der Waals surface area contributed by atoms with Crippen molar-refractivity contribution in [3.8, 4) is 0 Å². The van der Waals surface area contributed by atoms with Gasteiger partial charge in [-0.05, 0) is 48.3 Å². The van der Waals surface area contributed by atoms with Gasteiger partial charge in [0.1, 0.15) is 0 Å². The third-order valence-electron chi connectivity index (χ3n) is 2.96. The Morgan fingerprint density at radius 1 is 1.38 bits per heavy atom. The number of benzene rings is 1. The Hall–Kier alpha value is -0.670. The summed E-state index contributed by atoms with van der Waals surface area (Å²) in [7, 11) is 0. The maximum absolute atomic E-state index is 11.7. The molecule has 1 aromatic rings. The van der Waals surface area contributed by atoms with Crippen LogP contribution in [0.25, 0.3) is 0 Å². The van der Waals surface area contributed by atoms with Crippen LogP contribution in [0.2, 0.25) is 5.02 Å². The Bertz CT molecular complexity index is 387. The molecule has 1 aliphatic carbocycles. The first kappa shape index (κ1) is 11.8. The van der Waals surface area contributed by atoms with E-state index < -0.39 is 0 Å². The number of amides is 1. The van der Waals surface area contributed by atoms with E-state index in [2.05, 4.69) is 17.9 Å². The normalized spacial score (nSPS) is 16.9. The SMILES string of the molecule is O=C(CC1(CS)CC1)Nc1ccc(Cl)cc1. The number of hydrogen-bond donors (Lipinski definition) is 2. The maximum atomic E-state index is 11.7. The zero-order valence-corrected chi connectivity index (χ0v) is 10.5. The number of thiol groups is 1. The van der Waals surface area contributed by atoms with Gasteiger partial charge in [0.15, 0.2) is 0 Å². The van der Waals surface area contributed by atoms with Gasteiger partial charge in [-0.3, -0.25) is 4.79 Å². The summed E-state index contributed by atoms with van der Waals surface area (Å²) in [4.78, 5) is 11.7. The van der Waals surface area contributed by atoms with Crippen LogP contribution >= 0.6 is 24.2 Å². The first-order chi connectivity index (χ1) is 7.63. The van der Waals surface area contributed by atoms with E-state index in [-0.39, 0.29) is 11.3 Å². The van der Waals surface area contributed by atoms with Crippen molar-refractivity contribution < 1.29 is 4.79 Å². The standard InChI is InChI=1S/C12H14ClNOS/c13-9-1-3-10(4-2-9)14-11(15)7-12(8-16)5-6-12/h1-4,16H,5-8H2,(H,14,15). The molecule has 0 unspecified atom stereocenters. The molecule has 0 saturated heterocycles. The maximum Gasteiger partial charge on any atom is 0.224 e. The van der Waals surface area contributed by atoms with Crippen LogP contribution in [0.1, 0.15) is 19.3 Å². The number of carbonyl (C=O) groups excluding carboxylic acids is 1. The number of rotatable bonds is 4. The molecule has 0 bridgehead atoms. The molecule has 4 heteroatoms. The van der Waals surface area contributed by atoms with Gasteiger partial charge in [0, 0.05) is 17.1 Å². The fourth-order valence-electron chi connectivity index (χ4n) is 1.65. The molecule has 86 valence electrons. The number of nitrogens with one attached hydrogen (secondary N) is 1. The third-order valence-corrected chi connectivity index (χ3v) is 3.88. The lowest BCUT2D eigenvalue weighted by molar-refractivity contribution is -0.117. The second kappa shape index (κ2) is 4.68. The number of anilines is 1. The molecule has 16 heavy (non-hydrogen) atoms. The highest BCUT2D eigenvalue weighted by atomic mass is 35.5. The van der Waals surface area contributed by atoms with E-state index >= 15 is 0 Å². The van der Waals surface area contributed by atoms with E-state index in [1.54, 1.807) is 24.3 Å². The summed E-state index contributed by atoms with van der Waals surface area (Å²) < 4.78 is 0. The minimum Gasteiger partial charge on any atom is -0.326 e. The van der Waals surface area contributed by atoms with Crippen molar-refractivity contribution in [2.24, 2.45) is 5.41 Å². The van der Waals surface area contributed by atoms with Crippen molar-refractivity contribution in [3.63, 3.8) is 0 Å². The molecule has 0 aromatic heterocycles. The van der Waals surface area contributed by atoms with Crippen LogP contribution in [0.5, 0.6) is 0 Å². The van der Waals surface area contributed by atoms with E-state index in [1.165, 1.54) is 0 Å². The summed E-state index contributed by atoms with van der Waals surface area (Å²) in [6.07, 6.45) is 2.80. The monoisotopic (exact) mass is 255 g/mol. The molecular weight excluding hydrogens is 242 g/mol. The van der Waals surface area contributed by atoms with Crippen LogP contribution in [0, 0.1) is 5.41 Å². The van der Waals surface area contributed by atoms with E-state index in [0.29, 0.717) is 11.4 Å². The van der Waals surface area contributed by atoms with Gasteiger partial charge in [-0.2, -0.15) is 12.6 Å². The molecule has 2 nitrogen and oxygen atoms in total. The first-order valence-corrected chi connectivity index (χ1v) is 6.31. The zero-order chi connectivity index (χ0) is 11.6. The second-order valence-electron chi connectivity index (χ2n) is 4.39. The van der Waals surface area contributed by atoms with Gasteiger partial charge in [0.05, 0.1) is 0 Å². The smallest absolute Gasteiger partial charge is 0.224 e. The Morgan fingerprint density at radius 3 is 2.50 bits per heavy atom. The average molecular weight is 256 g/mol. The van der Waals surface area contributed by atoms with Gasteiger partial charge in [-0.25, -0.2) is 0 Å². The minimum atomic E-state index is 0.0638. The number of carbonyl (C=O) groups is 1. The molecule has 0 atom stereocenters. The quantitative estimate of drug-likeness (QED) is 0.794. The zero-order valence-electron chi connectivity index (χ0n) is 8.87. The summed E-state index contributed by atoms with van der Waals surface area (Å²) in [5.74, 6) is 0.856. The first-order valence-electron chi connectivity index (χ1n) is 5.30. The molecule has 0 aliphatic heterocycles. The van der Waals surface area contributed by atoms with E-state index in [9.17, 15) is 4.79 Å². The summed E-state index contributed by atoms with van der Waals surface area (Å²) in [6.45, 7) is 0. The Balaban J connectivity index is 1.90. The molecule has 1 saturated carbocycles. The predicted octanol–water partition coefficient (Wildman–Crippen LogP) is 3.38. The predicted molar refractivity (Wildman–Crippen MR) is 70.2 cm³/mol. The van der Waals surface area contributed by atoms with Gasteiger partial charge < -0.3 is 5.32 Å². The lowest BCUT2D eigenvalue weighted by Crippen LogP contribution is -2.18. The highest BCUT2D eigenvalue weighted by Crippen LogP contribution is 2.49. The van der Waals surface area contributed by atoms with Gasteiger partial charge in [0.25, 0.3) is 0 Å². The molecule has 1 N–H and O–H groups in total. The van der Waals surface area contributed by atoms with Crippen molar-refractivity contribution in [2.45, 2.75) is 19.3 Å². The third kappa shape index (κ3) is 2.92. The second-order valence-corrected chi connectivity index (χ2v) is 5.14. The number of hydrogen-bond acceptors (Lipinski definition) is 2.